The number of hydrogen-bond acceptors (Lipinski definition) is 5. The molecule has 128 valence electrons. The van der Waals surface area contributed by atoms with Gasteiger partial charge in [-0.3, -0.25) is 0 Å². The molecule has 2 aromatic rings. The van der Waals surface area contributed by atoms with Crippen molar-refractivity contribution in [2.75, 3.05) is 12.8 Å². The number of methoxy groups -OCH3 is 1. The normalized spacial score (nSPS) is 14.2. The van der Waals surface area contributed by atoms with Crippen molar-refractivity contribution >= 4 is 34.6 Å². The summed E-state index contributed by atoms with van der Waals surface area (Å²) in [4.78, 5) is 4.31. The van der Waals surface area contributed by atoms with Crippen LogP contribution < -0.4 is 10.5 Å². The third-order valence-electron chi connectivity index (χ3n) is 4.47. The number of ether oxygens (including phenoxy) is 1. The molecular weight excluding hydrogens is 348 g/mol. The van der Waals surface area contributed by atoms with Gasteiger partial charge in [0.15, 0.2) is 0 Å². The highest BCUT2D eigenvalue weighted by atomic mass is 35.5. The molecule has 1 heterocycles. The Kier molecular flexibility index (Phi) is 4.42. The molecule has 0 amide bonds. The van der Waals surface area contributed by atoms with Crippen LogP contribution in [-0.4, -0.2) is 12.1 Å². The zero-order valence-corrected chi connectivity index (χ0v) is 15.3. The van der Waals surface area contributed by atoms with Crippen molar-refractivity contribution in [1.29, 1.82) is 10.5 Å². The third-order valence-corrected chi connectivity index (χ3v) is 4.77. The number of pyridine rings is 1. The first-order valence-corrected chi connectivity index (χ1v) is 8.18. The maximum absolute atomic E-state index is 9.57. The van der Waals surface area contributed by atoms with E-state index in [1.165, 1.54) is 0 Å². The Balaban J connectivity index is 2.28. The SMILES string of the molecule is COc1ccc(/C=C2\C(C)=C(C#N)c3nc(N)c(C#N)c(C)c32)cc1Cl. The highest BCUT2D eigenvalue weighted by Gasteiger charge is 2.29. The molecular formula is C20H15ClN4O. The second-order valence-corrected chi connectivity index (χ2v) is 6.30. The number of nitrogens with zero attached hydrogens (tertiary/aromatic N) is 3. The molecule has 26 heavy (non-hydrogen) atoms. The fourth-order valence-electron chi connectivity index (χ4n) is 3.13. The minimum Gasteiger partial charge on any atom is -0.495 e. The molecule has 1 aliphatic rings. The van der Waals surface area contributed by atoms with Crippen molar-refractivity contribution < 1.29 is 4.74 Å². The van der Waals surface area contributed by atoms with E-state index in [9.17, 15) is 10.5 Å². The zero-order valence-electron chi connectivity index (χ0n) is 14.5. The van der Waals surface area contributed by atoms with Gasteiger partial charge < -0.3 is 10.5 Å². The van der Waals surface area contributed by atoms with E-state index in [1.807, 2.05) is 26.0 Å². The van der Waals surface area contributed by atoms with Crippen molar-refractivity contribution in [3.8, 4) is 17.9 Å². The second kappa shape index (κ2) is 6.55. The molecule has 0 radical (unpaired) electrons. The van der Waals surface area contributed by atoms with Gasteiger partial charge in [0.2, 0.25) is 0 Å². The van der Waals surface area contributed by atoms with Gasteiger partial charge in [-0.2, -0.15) is 10.5 Å². The van der Waals surface area contributed by atoms with Crippen molar-refractivity contribution in [2.45, 2.75) is 13.8 Å². The van der Waals surface area contributed by atoms with Gasteiger partial charge in [-0.25, -0.2) is 4.98 Å². The van der Waals surface area contributed by atoms with Crippen LogP contribution in [0.5, 0.6) is 5.75 Å². The summed E-state index contributed by atoms with van der Waals surface area (Å²) in [5, 5.41) is 19.5. The number of nitriles is 2. The lowest BCUT2D eigenvalue weighted by atomic mass is 9.95. The first kappa shape index (κ1) is 17.5. The van der Waals surface area contributed by atoms with Crippen LogP contribution in [0.3, 0.4) is 0 Å². The van der Waals surface area contributed by atoms with Crippen molar-refractivity contribution in [2.24, 2.45) is 0 Å². The highest BCUT2D eigenvalue weighted by Crippen LogP contribution is 2.44. The summed E-state index contributed by atoms with van der Waals surface area (Å²) < 4.78 is 5.18. The molecule has 1 aromatic heterocycles. The Labute approximate surface area is 156 Å². The van der Waals surface area contributed by atoms with Crippen molar-refractivity contribution in [1.82, 2.24) is 4.98 Å². The number of allylic oxidation sites excluding steroid dienone is 3. The summed E-state index contributed by atoms with van der Waals surface area (Å²) in [6, 6.07) is 9.74. The quantitative estimate of drug-likeness (QED) is 0.856. The van der Waals surface area contributed by atoms with Gasteiger partial charge in [-0.05, 0) is 54.3 Å². The number of aromatic nitrogens is 1. The number of rotatable bonds is 2. The van der Waals surface area contributed by atoms with Crippen molar-refractivity contribution in [3.05, 3.63) is 56.7 Å². The number of benzene rings is 1. The number of hydrogen-bond donors (Lipinski definition) is 1. The van der Waals surface area contributed by atoms with Crippen LogP contribution in [-0.2, 0) is 0 Å². The molecule has 0 fully saturated rings. The lowest BCUT2D eigenvalue weighted by Crippen LogP contribution is -2.03. The van der Waals surface area contributed by atoms with E-state index in [4.69, 9.17) is 22.1 Å². The van der Waals surface area contributed by atoms with Crippen LogP contribution in [0.4, 0.5) is 5.82 Å². The monoisotopic (exact) mass is 362 g/mol. The lowest BCUT2D eigenvalue weighted by Gasteiger charge is -2.11. The fraction of sp³-hybridized carbons (Fsp3) is 0.150. The molecule has 0 spiro atoms. The van der Waals surface area contributed by atoms with E-state index < -0.39 is 0 Å². The molecule has 6 heteroatoms. The van der Waals surface area contributed by atoms with Gasteiger partial charge >= 0.3 is 0 Å². The van der Waals surface area contributed by atoms with Crippen LogP contribution in [0.15, 0.2) is 23.8 Å². The number of halogens is 1. The van der Waals surface area contributed by atoms with Gasteiger partial charge in [-0.15, -0.1) is 0 Å². The van der Waals surface area contributed by atoms with E-state index in [0.29, 0.717) is 33.2 Å². The second-order valence-electron chi connectivity index (χ2n) is 5.90. The van der Waals surface area contributed by atoms with Crippen LogP contribution in [0, 0.1) is 29.6 Å². The number of fused-ring (bicyclic) bond motifs is 1. The number of nitrogens with two attached hydrogens (primary N) is 1. The van der Waals surface area contributed by atoms with Gasteiger partial charge in [-0.1, -0.05) is 17.7 Å². The molecule has 5 nitrogen and oxygen atoms in total. The van der Waals surface area contributed by atoms with Gasteiger partial charge in [0, 0.05) is 5.56 Å². The molecule has 0 bridgehead atoms. The first-order valence-electron chi connectivity index (χ1n) is 7.80. The van der Waals surface area contributed by atoms with Crippen LogP contribution in [0.1, 0.15) is 34.9 Å². The van der Waals surface area contributed by atoms with Gasteiger partial charge in [0.25, 0.3) is 0 Å². The first-order chi connectivity index (χ1) is 12.4. The molecule has 2 N–H and O–H groups in total. The topological polar surface area (TPSA) is 95.7 Å². The van der Waals surface area contributed by atoms with E-state index in [2.05, 4.69) is 17.1 Å². The zero-order chi connectivity index (χ0) is 19.0. The Bertz CT molecular complexity index is 1080. The third kappa shape index (κ3) is 2.60. The summed E-state index contributed by atoms with van der Waals surface area (Å²) in [6.45, 7) is 3.68. The Morgan fingerprint density at radius 3 is 2.54 bits per heavy atom. The standard InChI is InChI=1S/C20H15ClN4O/c1-10-13(6-12-4-5-17(26-3)16(21)7-12)18-11(2)15(9-23)20(24)25-19(18)14(10)8-22/h4-7H,1-3H3,(H2,24,25)/b13-6+. The number of nitrogen functional groups attached to an aromatic ring is 1. The van der Waals surface area contributed by atoms with Crippen LogP contribution in [0.25, 0.3) is 17.2 Å². The Morgan fingerprint density at radius 2 is 1.96 bits per heavy atom. The molecule has 1 aromatic carbocycles. The fourth-order valence-corrected chi connectivity index (χ4v) is 3.40. The van der Waals surface area contributed by atoms with Gasteiger partial charge in [0.05, 0.1) is 29.0 Å². The molecule has 0 saturated heterocycles. The molecule has 0 atom stereocenters. The maximum Gasteiger partial charge on any atom is 0.142 e. The van der Waals surface area contributed by atoms with E-state index in [-0.39, 0.29) is 5.82 Å². The van der Waals surface area contributed by atoms with Crippen LogP contribution in [0.2, 0.25) is 5.02 Å². The molecule has 3 rings (SSSR count). The van der Waals surface area contributed by atoms with Gasteiger partial charge in [0.1, 0.15) is 23.7 Å². The van der Waals surface area contributed by atoms with E-state index in [0.717, 1.165) is 22.3 Å². The van der Waals surface area contributed by atoms with E-state index in [1.54, 1.807) is 19.2 Å². The molecule has 0 saturated carbocycles. The largest absolute Gasteiger partial charge is 0.495 e. The summed E-state index contributed by atoms with van der Waals surface area (Å²) in [6.07, 6.45) is 1.93. The predicted molar refractivity (Wildman–Crippen MR) is 102 cm³/mol. The van der Waals surface area contributed by atoms with Crippen molar-refractivity contribution in [3.63, 3.8) is 0 Å². The maximum atomic E-state index is 9.57. The lowest BCUT2D eigenvalue weighted by molar-refractivity contribution is 0.415. The highest BCUT2D eigenvalue weighted by molar-refractivity contribution is 6.32. The smallest absolute Gasteiger partial charge is 0.142 e. The minimum atomic E-state index is 0.137. The summed E-state index contributed by atoms with van der Waals surface area (Å²) in [5.74, 6) is 0.723. The van der Waals surface area contributed by atoms with E-state index >= 15 is 0 Å². The minimum absolute atomic E-state index is 0.137. The summed E-state index contributed by atoms with van der Waals surface area (Å²) in [5.41, 5.74) is 11.2. The Hall–Kier alpha value is -3.28. The molecule has 0 aliphatic heterocycles. The summed E-state index contributed by atoms with van der Waals surface area (Å²) in [7, 11) is 1.56. The molecule has 1 aliphatic carbocycles. The summed E-state index contributed by atoms with van der Waals surface area (Å²) >= 11 is 6.22. The predicted octanol–water partition coefficient (Wildman–Crippen LogP) is 4.36. The average molecular weight is 363 g/mol. The Morgan fingerprint density at radius 1 is 1.23 bits per heavy atom. The number of anilines is 1. The molecule has 0 unspecified atom stereocenters. The average Bonchev–Trinajstić information content (AvgIpc) is 2.86. The van der Waals surface area contributed by atoms with Crippen LogP contribution >= 0.6 is 11.6 Å².